The lowest BCUT2D eigenvalue weighted by atomic mass is 9.77. The van der Waals surface area contributed by atoms with Crippen LogP contribution in [0.4, 0.5) is 0 Å². The largest absolute Gasteiger partial charge is 0.486 e. The Morgan fingerprint density at radius 1 is 1.09 bits per heavy atom. The molecule has 0 saturated heterocycles. The normalized spacial score (nSPS) is 23.2. The summed E-state index contributed by atoms with van der Waals surface area (Å²) in [4.78, 5) is 28.0. The molecule has 3 N–H and O–H groups in total. The van der Waals surface area contributed by atoms with E-state index in [-0.39, 0.29) is 25.0 Å². The lowest BCUT2D eigenvalue weighted by molar-refractivity contribution is -0.137. The zero-order chi connectivity index (χ0) is 23.8. The zero-order valence-corrected chi connectivity index (χ0v) is 19.8. The van der Waals surface area contributed by atoms with Crippen molar-refractivity contribution in [2.24, 2.45) is 0 Å². The molecule has 7 heteroatoms. The Balaban J connectivity index is 1.95. The Morgan fingerprint density at radius 2 is 1.85 bits per heavy atom. The minimum Gasteiger partial charge on any atom is -0.486 e. The van der Waals surface area contributed by atoms with Gasteiger partial charge in [-0.15, -0.1) is 0 Å². The fourth-order valence-corrected chi connectivity index (χ4v) is 4.81. The molecule has 1 aliphatic carbocycles. The van der Waals surface area contributed by atoms with Gasteiger partial charge in [-0.05, 0) is 25.0 Å². The van der Waals surface area contributed by atoms with E-state index in [4.69, 9.17) is 4.74 Å². The third-order valence-electron chi connectivity index (χ3n) is 6.55. The van der Waals surface area contributed by atoms with Gasteiger partial charge in [-0.3, -0.25) is 9.59 Å². The first-order valence-electron chi connectivity index (χ1n) is 12.4. The first-order chi connectivity index (χ1) is 16.0. The number of aliphatic hydroxyl groups excluding tert-OH is 2. The first kappa shape index (κ1) is 25.2. The van der Waals surface area contributed by atoms with Crippen molar-refractivity contribution in [3.8, 4) is 5.75 Å². The molecule has 0 bridgehead atoms. The summed E-state index contributed by atoms with van der Waals surface area (Å²) >= 11 is 0. The number of benzene rings is 1. The van der Waals surface area contributed by atoms with Crippen molar-refractivity contribution in [1.82, 2.24) is 10.2 Å². The SMILES string of the molecule is CCCCCCN(C(=O)CCCC)C1C=C(C(=O)NCCO)C2c3ccccc3OC2C1O. The van der Waals surface area contributed by atoms with Gasteiger partial charge in [0.15, 0.2) is 0 Å². The van der Waals surface area contributed by atoms with Gasteiger partial charge in [-0.1, -0.05) is 57.7 Å². The Labute approximate surface area is 196 Å². The Bertz CT molecular complexity index is 840. The molecular weight excluding hydrogens is 420 g/mol. The molecule has 4 unspecified atom stereocenters. The molecule has 0 aromatic heterocycles. The molecule has 33 heavy (non-hydrogen) atoms. The fourth-order valence-electron chi connectivity index (χ4n) is 4.81. The second kappa shape index (κ2) is 12.2. The minimum absolute atomic E-state index is 0.00211. The molecule has 182 valence electrons. The van der Waals surface area contributed by atoms with E-state index in [1.165, 1.54) is 0 Å². The standard InChI is InChI=1S/C26H38N2O5/c1-3-5-7-10-15-28(22(30)13-6-4-2)20-17-19(26(32)27-14-16-29)23-18-11-8-9-12-21(18)33-25(23)24(20)31/h8-9,11-12,17,20,23-25,29,31H,3-7,10,13-16H2,1-2H3,(H,27,32). The molecule has 7 nitrogen and oxygen atoms in total. The van der Waals surface area contributed by atoms with Gasteiger partial charge in [0, 0.05) is 30.6 Å². The van der Waals surface area contributed by atoms with Crippen LogP contribution in [-0.4, -0.2) is 64.9 Å². The van der Waals surface area contributed by atoms with E-state index in [9.17, 15) is 19.8 Å². The van der Waals surface area contributed by atoms with Crippen LogP contribution >= 0.6 is 0 Å². The maximum atomic E-state index is 13.2. The van der Waals surface area contributed by atoms with Crippen LogP contribution < -0.4 is 10.1 Å². The van der Waals surface area contributed by atoms with Crippen LogP contribution in [0.3, 0.4) is 0 Å². The van der Waals surface area contributed by atoms with Gasteiger partial charge in [0.2, 0.25) is 11.8 Å². The fraction of sp³-hybridized carbons (Fsp3) is 0.615. The Kier molecular flexibility index (Phi) is 9.32. The van der Waals surface area contributed by atoms with Crippen molar-refractivity contribution in [3.05, 3.63) is 41.5 Å². The average Bonchev–Trinajstić information content (AvgIpc) is 3.22. The quantitative estimate of drug-likeness (QED) is 0.418. The van der Waals surface area contributed by atoms with E-state index in [0.29, 0.717) is 24.3 Å². The lowest BCUT2D eigenvalue weighted by Crippen LogP contribution is -2.56. The number of ether oxygens (including phenoxy) is 1. The number of aliphatic hydroxyl groups is 2. The van der Waals surface area contributed by atoms with Crippen LogP contribution in [-0.2, 0) is 9.59 Å². The molecule has 2 aliphatic rings. The molecule has 2 amide bonds. The first-order valence-corrected chi connectivity index (χ1v) is 12.4. The van der Waals surface area contributed by atoms with E-state index < -0.39 is 24.2 Å². The third-order valence-corrected chi connectivity index (χ3v) is 6.55. The van der Waals surface area contributed by atoms with Gasteiger partial charge in [0.1, 0.15) is 18.0 Å². The van der Waals surface area contributed by atoms with Gasteiger partial charge < -0.3 is 25.2 Å². The van der Waals surface area contributed by atoms with Crippen LogP contribution in [0.2, 0.25) is 0 Å². The number of hydrogen-bond donors (Lipinski definition) is 3. The molecule has 0 fully saturated rings. The van der Waals surface area contributed by atoms with Crippen molar-refractivity contribution < 1.29 is 24.5 Å². The number of nitrogens with zero attached hydrogens (tertiary/aromatic N) is 1. The number of fused-ring (bicyclic) bond motifs is 3. The molecule has 1 aliphatic heterocycles. The topological polar surface area (TPSA) is 99.1 Å². The second-order valence-corrected chi connectivity index (χ2v) is 8.93. The second-order valence-electron chi connectivity index (χ2n) is 8.93. The van der Waals surface area contributed by atoms with E-state index in [1.54, 1.807) is 11.0 Å². The highest BCUT2D eigenvalue weighted by Gasteiger charge is 2.50. The highest BCUT2D eigenvalue weighted by molar-refractivity contribution is 5.96. The summed E-state index contributed by atoms with van der Waals surface area (Å²) in [6.07, 6.45) is 6.33. The maximum absolute atomic E-state index is 13.2. The van der Waals surface area contributed by atoms with E-state index >= 15 is 0 Å². The molecule has 1 heterocycles. The maximum Gasteiger partial charge on any atom is 0.247 e. The van der Waals surface area contributed by atoms with E-state index in [2.05, 4.69) is 12.2 Å². The smallest absolute Gasteiger partial charge is 0.247 e. The average molecular weight is 459 g/mol. The number of unbranched alkanes of at least 4 members (excludes halogenated alkanes) is 4. The molecule has 3 rings (SSSR count). The summed E-state index contributed by atoms with van der Waals surface area (Å²) in [5.74, 6) is -0.0698. The predicted molar refractivity (Wildman–Crippen MR) is 127 cm³/mol. The van der Waals surface area contributed by atoms with Gasteiger partial charge in [0.05, 0.1) is 18.6 Å². The van der Waals surface area contributed by atoms with Gasteiger partial charge >= 0.3 is 0 Å². The van der Waals surface area contributed by atoms with Gasteiger partial charge in [0.25, 0.3) is 0 Å². The molecule has 0 spiro atoms. The van der Waals surface area contributed by atoms with Crippen LogP contribution in [0.5, 0.6) is 5.75 Å². The third kappa shape index (κ3) is 5.76. The lowest BCUT2D eigenvalue weighted by Gasteiger charge is -2.41. The van der Waals surface area contributed by atoms with Crippen LogP contribution in [0.25, 0.3) is 0 Å². The number of carbonyl (C=O) groups excluding carboxylic acids is 2. The summed E-state index contributed by atoms with van der Waals surface area (Å²) in [5.41, 5.74) is 1.34. The highest BCUT2D eigenvalue weighted by atomic mass is 16.5. The van der Waals surface area contributed by atoms with Gasteiger partial charge in [-0.25, -0.2) is 0 Å². The highest BCUT2D eigenvalue weighted by Crippen LogP contribution is 2.47. The number of hydrogen-bond acceptors (Lipinski definition) is 5. The summed E-state index contributed by atoms with van der Waals surface area (Å²) in [6.45, 7) is 4.71. The minimum atomic E-state index is -0.950. The number of rotatable bonds is 12. The number of nitrogens with one attached hydrogen (secondary N) is 1. The molecule has 0 radical (unpaired) electrons. The Morgan fingerprint density at radius 3 is 2.58 bits per heavy atom. The number of carbonyl (C=O) groups is 2. The van der Waals surface area contributed by atoms with Crippen molar-refractivity contribution in [2.45, 2.75) is 83.0 Å². The van der Waals surface area contributed by atoms with E-state index in [0.717, 1.165) is 44.1 Å². The summed E-state index contributed by atoms with van der Waals surface area (Å²) in [6, 6.07) is 6.87. The van der Waals surface area contributed by atoms with Crippen LogP contribution in [0.15, 0.2) is 35.9 Å². The van der Waals surface area contributed by atoms with Crippen molar-refractivity contribution >= 4 is 11.8 Å². The number of amides is 2. The van der Waals surface area contributed by atoms with Crippen LogP contribution in [0, 0.1) is 0 Å². The monoisotopic (exact) mass is 458 g/mol. The van der Waals surface area contributed by atoms with Crippen LogP contribution in [0.1, 0.15) is 70.3 Å². The van der Waals surface area contributed by atoms with Crippen molar-refractivity contribution in [3.63, 3.8) is 0 Å². The summed E-state index contributed by atoms with van der Waals surface area (Å²) < 4.78 is 6.13. The summed E-state index contributed by atoms with van der Waals surface area (Å²) in [5, 5.41) is 23.3. The number of para-hydroxylation sites is 1. The molecule has 1 aromatic rings. The molecule has 4 atom stereocenters. The summed E-state index contributed by atoms with van der Waals surface area (Å²) in [7, 11) is 0. The zero-order valence-electron chi connectivity index (χ0n) is 19.8. The van der Waals surface area contributed by atoms with Crippen molar-refractivity contribution in [1.29, 1.82) is 0 Å². The Hall–Kier alpha value is -2.38. The van der Waals surface area contributed by atoms with Gasteiger partial charge in [-0.2, -0.15) is 0 Å². The van der Waals surface area contributed by atoms with Crippen molar-refractivity contribution in [2.75, 3.05) is 19.7 Å². The molecular formula is C26H38N2O5. The molecule has 1 aromatic carbocycles. The molecule has 0 saturated carbocycles. The predicted octanol–water partition coefficient (Wildman–Crippen LogP) is 2.91. The van der Waals surface area contributed by atoms with E-state index in [1.807, 2.05) is 31.2 Å².